The van der Waals surface area contributed by atoms with Gasteiger partial charge in [0.05, 0.1) is 13.2 Å². The van der Waals surface area contributed by atoms with Gasteiger partial charge >= 0.3 is 0 Å². The van der Waals surface area contributed by atoms with Gasteiger partial charge in [0, 0.05) is 17.3 Å². The van der Waals surface area contributed by atoms with Gasteiger partial charge in [-0.3, -0.25) is 0 Å². The quantitative estimate of drug-likeness (QED) is 0.787. The van der Waals surface area contributed by atoms with Crippen molar-refractivity contribution in [1.82, 2.24) is 0 Å². The van der Waals surface area contributed by atoms with E-state index in [1.54, 1.807) is 0 Å². The van der Waals surface area contributed by atoms with Crippen molar-refractivity contribution in [1.29, 1.82) is 0 Å². The first-order valence-corrected chi connectivity index (χ1v) is 6.32. The van der Waals surface area contributed by atoms with Crippen LogP contribution in [0.3, 0.4) is 0 Å². The molecular formula is C12H15BrO2. The maximum Gasteiger partial charge on any atom is 0.126 e. The van der Waals surface area contributed by atoms with Crippen LogP contribution in [0.5, 0.6) is 5.75 Å². The van der Waals surface area contributed by atoms with E-state index in [1.807, 2.05) is 0 Å². The van der Waals surface area contributed by atoms with Crippen LogP contribution in [0.25, 0.3) is 0 Å². The minimum Gasteiger partial charge on any atom is -0.487 e. The molecule has 0 aliphatic carbocycles. The van der Waals surface area contributed by atoms with Gasteiger partial charge in [-0.2, -0.15) is 0 Å². The van der Waals surface area contributed by atoms with Crippen molar-refractivity contribution in [3.63, 3.8) is 0 Å². The van der Waals surface area contributed by atoms with Gasteiger partial charge in [0.1, 0.15) is 11.9 Å². The van der Waals surface area contributed by atoms with Crippen LogP contribution in [0.1, 0.15) is 17.5 Å². The molecule has 1 aromatic rings. The fourth-order valence-corrected chi connectivity index (χ4v) is 2.20. The minimum atomic E-state index is 0.226. The smallest absolute Gasteiger partial charge is 0.126 e. The van der Waals surface area contributed by atoms with Gasteiger partial charge < -0.3 is 9.47 Å². The molecule has 3 heteroatoms. The number of halogens is 1. The van der Waals surface area contributed by atoms with Gasteiger partial charge in [-0.15, -0.1) is 0 Å². The number of aryl methyl sites for hydroxylation is 1. The molecule has 2 rings (SSSR count). The number of hydrogen-bond donors (Lipinski definition) is 0. The molecule has 1 unspecified atom stereocenters. The number of hydrogen-bond acceptors (Lipinski definition) is 2. The van der Waals surface area contributed by atoms with E-state index < -0.39 is 0 Å². The van der Waals surface area contributed by atoms with E-state index in [4.69, 9.17) is 9.47 Å². The first-order valence-electron chi connectivity index (χ1n) is 5.20. The van der Waals surface area contributed by atoms with Crippen LogP contribution in [0.2, 0.25) is 0 Å². The first-order chi connectivity index (χ1) is 7.31. The van der Waals surface area contributed by atoms with Crippen LogP contribution in [0.4, 0.5) is 0 Å². The maximum atomic E-state index is 5.97. The van der Waals surface area contributed by atoms with Gasteiger partial charge in [0.15, 0.2) is 0 Å². The van der Waals surface area contributed by atoms with Crippen LogP contribution in [-0.2, 0) is 10.1 Å². The van der Waals surface area contributed by atoms with Gasteiger partial charge in [-0.1, -0.05) is 34.1 Å². The zero-order valence-electron chi connectivity index (χ0n) is 8.83. The van der Waals surface area contributed by atoms with E-state index in [-0.39, 0.29) is 6.10 Å². The summed E-state index contributed by atoms with van der Waals surface area (Å²) >= 11 is 3.48. The Morgan fingerprint density at radius 1 is 1.53 bits per heavy atom. The topological polar surface area (TPSA) is 18.5 Å². The van der Waals surface area contributed by atoms with Crippen molar-refractivity contribution in [3.8, 4) is 5.75 Å². The second-order valence-electron chi connectivity index (χ2n) is 3.80. The lowest BCUT2D eigenvalue weighted by Crippen LogP contribution is -2.17. The van der Waals surface area contributed by atoms with E-state index >= 15 is 0 Å². The Labute approximate surface area is 98.7 Å². The van der Waals surface area contributed by atoms with E-state index in [0.29, 0.717) is 0 Å². The Hall–Kier alpha value is -0.540. The lowest BCUT2D eigenvalue weighted by atomic mass is 10.1. The first kappa shape index (κ1) is 11.0. The molecule has 0 amide bonds. The number of benzene rings is 1. The molecule has 0 saturated carbocycles. The maximum absolute atomic E-state index is 5.97. The molecular weight excluding hydrogens is 256 g/mol. The fraction of sp³-hybridized carbons (Fsp3) is 0.500. The van der Waals surface area contributed by atoms with Crippen molar-refractivity contribution in [2.45, 2.75) is 24.8 Å². The Bertz CT molecular complexity index is 332. The molecule has 0 spiro atoms. The van der Waals surface area contributed by atoms with E-state index in [0.717, 1.165) is 30.7 Å². The number of ether oxygens (including phenoxy) is 2. The van der Waals surface area contributed by atoms with Gasteiger partial charge in [-0.25, -0.2) is 0 Å². The summed E-state index contributed by atoms with van der Waals surface area (Å²) in [6, 6.07) is 6.23. The zero-order valence-corrected chi connectivity index (χ0v) is 10.4. The van der Waals surface area contributed by atoms with Crippen LogP contribution in [-0.4, -0.2) is 19.3 Å². The molecule has 1 saturated heterocycles. The molecule has 1 atom stereocenters. The summed E-state index contributed by atoms with van der Waals surface area (Å²) < 4.78 is 11.3. The summed E-state index contributed by atoms with van der Waals surface area (Å²) in [4.78, 5) is 0. The zero-order chi connectivity index (χ0) is 10.7. The van der Waals surface area contributed by atoms with Crippen molar-refractivity contribution < 1.29 is 9.47 Å². The van der Waals surface area contributed by atoms with Crippen LogP contribution >= 0.6 is 15.9 Å². The van der Waals surface area contributed by atoms with Gasteiger partial charge in [-0.05, 0) is 12.5 Å². The average Bonchev–Trinajstić information content (AvgIpc) is 2.74. The highest BCUT2D eigenvalue weighted by Gasteiger charge is 2.19. The number of para-hydroxylation sites is 1. The van der Waals surface area contributed by atoms with Crippen molar-refractivity contribution >= 4 is 15.9 Å². The third kappa shape index (κ3) is 2.52. The van der Waals surface area contributed by atoms with Gasteiger partial charge in [0.2, 0.25) is 0 Å². The summed E-state index contributed by atoms with van der Waals surface area (Å²) in [5.41, 5.74) is 2.40. The fourth-order valence-electron chi connectivity index (χ4n) is 1.76. The molecule has 2 nitrogen and oxygen atoms in total. The summed E-state index contributed by atoms with van der Waals surface area (Å²) in [5.74, 6) is 1.02. The lowest BCUT2D eigenvalue weighted by molar-refractivity contribution is 0.140. The molecule has 1 aliphatic heterocycles. The molecule has 1 heterocycles. The normalized spacial score (nSPS) is 20.5. The summed E-state index contributed by atoms with van der Waals surface area (Å²) in [6.07, 6.45) is 1.22. The predicted octanol–water partition coefficient (Wildman–Crippen LogP) is 3.06. The predicted molar refractivity (Wildman–Crippen MR) is 63.7 cm³/mol. The average molecular weight is 271 g/mol. The molecule has 1 aromatic carbocycles. The second-order valence-corrected chi connectivity index (χ2v) is 4.36. The SMILES string of the molecule is Cc1cccc(CBr)c1OC1CCOC1. The Morgan fingerprint density at radius 3 is 3.07 bits per heavy atom. The van der Waals surface area contributed by atoms with E-state index in [2.05, 4.69) is 41.1 Å². The molecule has 82 valence electrons. The molecule has 0 aromatic heterocycles. The summed E-state index contributed by atoms with van der Waals surface area (Å²) in [5, 5.41) is 0.831. The third-order valence-electron chi connectivity index (χ3n) is 2.61. The molecule has 1 aliphatic rings. The van der Waals surface area contributed by atoms with Gasteiger partial charge in [0.25, 0.3) is 0 Å². The second kappa shape index (κ2) is 4.99. The summed E-state index contributed by atoms with van der Waals surface area (Å²) in [7, 11) is 0. The largest absolute Gasteiger partial charge is 0.487 e. The number of alkyl halides is 1. The monoisotopic (exact) mass is 270 g/mol. The standard InChI is InChI=1S/C12H15BrO2/c1-9-3-2-4-10(7-13)12(9)15-11-5-6-14-8-11/h2-4,11H,5-8H2,1H3. The van der Waals surface area contributed by atoms with Crippen molar-refractivity contribution in [3.05, 3.63) is 29.3 Å². The molecule has 1 fully saturated rings. The number of rotatable bonds is 3. The highest BCUT2D eigenvalue weighted by Crippen LogP contribution is 2.27. The van der Waals surface area contributed by atoms with Crippen molar-refractivity contribution in [2.24, 2.45) is 0 Å². The Balaban J connectivity index is 2.17. The molecule has 0 N–H and O–H groups in total. The summed E-state index contributed by atoms with van der Waals surface area (Å²) in [6.45, 7) is 3.62. The van der Waals surface area contributed by atoms with Crippen LogP contribution < -0.4 is 4.74 Å². The third-order valence-corrected chi connectivity index (χ3v) is 3.21. The molecule has 0 bridgehead atoms. The van der Waals surface area contributed by atoms with E-state index in [1.165, 1.54) is 11.1 Å². The van der Waals surface area contributed by atoms with Crippen molar-refractivity contribution in [2.75, 3.05) is 13.2 Å². The lowest BCUT2D eigenvalue weighted by Gasteiger charge is -2.16. The van der Waals surface area contributed by atoms with Crippen LogP contribution in [0.15, 0.2) is 18.2 Å². The Morgan fingerprint density at radius 2 is 2.40 bits per heavy atom. The molecule has 15 heavy (non-hydrogen) atoms. The highest BCUT2D eigenvalue weighted by atomic mass is 79.9. The van der Waals surface area contributed by atoms with Crippen LogP contribution in [0, 0.1) is 6.92 Å². The molecule has 0 radical (unpaired) electrons. The van der Waals surface area contributed by atoms with E-state index in [9.17, 15) is 0 Å². The Kier molecular flexibility index (Phi) is 3.65. The highest BCUT2D eigenvalue weighted by molar-refractivity contribution is 9.08. The minimum absolute atomic E-state index is 0.226.